The quantitative estimate of drug-likeness (QED) is 0.849. The number of amides is 1. The smallest absolute Gasteiger partial charge is 0.257 e. The van der Waals surface area contributed by atoms with Crippen LogP contribution in [-0.4, -0.2) is 39.6 Å². The van der Waals surface area contributed by atoms with Gasteiger partial charge in [-0.3, -0.25) is 9.78 Å². The Morgan fingerprint density at radius 3 is 2.94 bits per heavy atom. The number of nitrogens with zero attached hydrogens (tertiary/aromatic N) is 2. The van der Waals surface area contributed by atoms with Crippen molar-refractivity contribution in [3.63, 3.8) is 0 Å². The van der Waals surface area contributed by atoms with Gasteiger partial charge in [0.05, 0.1) is 29.3 Å². The SMILES string of the molecule is CCC1(O)CN(C(=O)c2cnccc2Cl)C1. The summed E-state index contributed by atoms with van der Waals surface area (Å²) in [5, 5.41) is 10.2. The number of hydrogen-bond acceptors (Lipinski definition) is 3. The molecule has 2 heterocycles. The molecule has 1 fully saturated rings. The Labute approximate surface area is 98.9 Å². The van der Waals surface area contributed by atoms with E-state index >= 15 is 0 Å². The average Bonchev–Trinajstić information content (AvgIpc) is 2.24. The fourth-order valence-corrected chi connectivity index (χ4v) is 1.92. The molecule has 0 aromatic carbocycles. The zero-order chi connectivity index (χ0) is 11.8. The number of carbonyl (C=O) groups is 1. The summed E-state index contributed by atoms with van der Waals surface area (Å²) in [6.07, 6.45) is 3.64. The third-order valence-electron chi connectivity index (χ3n) is 2.91. The van der Waals surface area contributed by atoms with Gasteiger partial charge in [0.1, 0.15) is 0 Å². The average molecular weight is 241 g/mol. The second-order valence-electron chi connectivity index (χ2n) is 4.09. The molecule has 0 atom stereocenters. The highest BCUT2D eigenvalue weighted by molar-refractivity contribution is 6.33. The first-order valence-corrected chi connectivity index (χ1v) is 5.55. The lowest BCUT2D eigenvalue weighted by Gasteiger charge is -2.46. The summed E-state index contributed by atoms with van der Waals surface area (Å²) >= 11 is 5.90. The molecular weight excluding hydrogens is 228 g/mol. The molecule has 0 spiro atoms. The predicted octanol–water partition coefficient (Wildman–Crippen LogP) is 1.33. The van der Waals surface area contributed by atoms with Gasteiger partial charge in [-0.1, -0.05) is 18.5 Å². The number of aromatic nitrogens is 1. The number of pyridine rings is 1. The molecule has 4 nitrogen and oxygen atoms in total. The van der Waals surface area contributed by atoms with Gasteiger partial charge in [-0.15, -0.1) is 0 Å². The number of aliphatic hydroxyl groups is 1. The van der Waals surface area contributed by atoms with Crippen molar-refractivity contribution in [2.45, 2.75) is 18.9 Å². The van der Waals surface area contributed by atoms with Gasteiger partial charge < -0.3 is 10.0 Å². The van der Waals surface area contributed by atoms with E-state index in [0.29, 0.717) is 30.1 Å². The molecule has 16 heavy (non-hydrogen) atoms. The molecule has 1 aliphatic heterocycles. The summed E-state index contributed by atoms with van der Waals surface area (Å²) in [6.45, 7) is 2.64. The normalized spacial score (nSPS) is 18.1. The van der Waals surface area contributed by atoms with E-state index in [1.165, 1.54) is 12.4 Å². The van der Waals surface area contributed by atoms with Gasteiger partial charge in [0, 0.05) is 12.4 Å². The van der Waals surface area contributed by atoms with Crippen molar-refractivity contribution in [3.8, 4) is 0 Å². The molecule has 1 aliphatic rings. The van der Waals surface area contributed by atoms with E-state index in [1.54, 1.807) is 11.0 Å². The number of β-amino-alcohol motifs (C(OH)–C–C–N with tert-alkyl or cyclic N) is 1. The van der Waals surface area contributed by atoms with E-state index in [1.807, 2.05) is 6.92 Å². The molecule has 0 radical (unpaired) electrons. The lowest BCUT2D eigenvalue weighted by atomic mass is 9.91. The highest BCUT2D eigenvalue weighted by Crippen LogP contribution is 2.27. The van der Waals surface area contributed by atoms with Crippen LogP contribution in [0.15, 0.2) is 18.5 Å². The summed E-state index contributed by atoms with van der Waals surface area (Å²) in [6, 6.07) is 1.58. The van der Waals surface area contributed by atoms with Crippen molar-refractivity contribution in [2.24, 2.45) is 0 Å². The summed E-state index contributed by atoms with van der Waals surface area (Å²) < 4.78 is 0. The maximum atomic E-state index is 11.9. The van der Waals surface area contributed by atoms with Crippen molar-refractivity contribution < 1.29 is 9.90 Å². The van der Waals surface area contributed by atoms with Gasteiger partial charge in [-0.2, -0.15) is 0 Å². The van der Waals surface area contributed by atoms with E-state index in [-0.39, 0.29) is 5.91 Å². The molecule has 2 rings (SSSR count). The fourth-order valence-electron chi connectivity index (χ4n) is 1.74. The molecule has 1 aromatic rings. The lowest BCUT2D eigenvalue weighted by Crippen LogP contribution is -2.63. The maximum absolute atomic E-state index is 11.9. The molecule has 0 unspecified atom stereocenters. The number of hydrogen-bond donors (Lipinski definition) is 1. The van der Waals surface area contributed by atoms with Crippen molar-refractivity contribution in [1.82, 2.24) is 9.88 Å². The highest BCUT2D eigenvalue weighted by atomic mass is 35.5. The molecule has 0 aliphatic carbocycles. The van der Waals surface area contributed by atoms with Crippen LogP contribution in [0.5, 0.6) is 0 Å². The second-order valence-corrected chi connectivity index (χ2v) is 4.50. The Bertz CT molecular complexity index is 416. The Kier molecular flexibility index (Phi) is 2.86. The minimum absolute atomic E-state index is 0.170. The molecule has 86 valence electrons. The molecule has 1 aromatic heterocycles. The third-order valence-corrected chi connectivity index (χ3v) is 3.24. The highest BCUT2D eigenvalue weighted by Gasteiger charge is 2.42. The van der Waals surface area contributed by atoms with E-state index in [2.05, 4.69) is 4.98 Å². The molecular formula is C11H13ClN2O2. The number of likely N-dealkylation sites (tertiary alicyclic amines) is 1. The van der Waals surface area contributed by atoms with Gasteiger partial charge in [-0.05, 0) is 12.5 Å². The minimum atomic E-state index is -0.718. The molecule has 1 saturated heterocycles. The monoisotopic (exact) mass is 240 g/mol. The van der Waals surface area contributed by atoms with Gasteiger partial charge in [0.15, 0.2) is 0 Å². The van der Waals surface area contributed by atoms with Crippen LogP contribution >= 0.6 is 11.6 Å². The maximum Gasteiger partial charge on any atom is 0.257 e. The number of halogens is 1. The van der Waals surface area contributed by atoms with Crippen LogP contribution in [0.4, 0.5) is 0 Å². The molecule has 1 amide bonds. The third kappa shape index (κ3) is 1.90. The van der Waals surface area contributed by atoms with Crippen LogP contribution in [0.3, 0.4) is 0 Å². The summed E-state index contributed by atoms with van der Waals surface area (Å²) in [4.78, 5) is 17.4. The Balaban J connectivity index is 2.09. The Morgan fingerprint density at radius 2 is 2.38 bits per heavy atom. The van der Waals surface area contributed by atoms with Crippen LogP contribution < -0.4 is 0 Å². The zero-order valence-electron chi connectivity index (χ0n) is 8.98. The predicted molar refractivity (Wildman–Crippen MR) is 60.4 cm³/mol. The van der Waals surface area contributed by atoms with E-state index < -0.39 is 5.60 Å². The van der Waals surface area contributed by atoms with E-state index in [0.717, 1.165) is 0 Å². The van der Waals surface area contributed by atoms with Crippen LogP contribution in [0.1, 0.15) is 23.7 Å². The minimum Gasteiger partial charge on any atom is -0.386 e. The largest absolute Gasteiger partial charge is 0.386 e. The van der Waals surface area contributed by atoms with Crippen LogP contribution in [0, 0.1) is 0 Å². The summed E-state index contributed by atoms with van der Waals surface area (Å²) in [5.41, 5.74) is -0.327. The first kappa shape index (κ1) is 11.4. The van der Waals surface area contributed by atoms with Crippen molar-refractivity contribution >= 4 is 17.5 Å². The summed E-state index contributed by atoms with van der Waals surface area (Å²) in [7, 11) is 0. The van der Waals surface area contributed by atoms with Crippen molar-refractivity contribution in [3.05, 3.63) is 29.0 Å². The molecule has 0 saturated carbocycles. The zero-order valence-corrected chi connectivity index (χ0v) is 9.74. The fraction of sp³-hybridized carbons (Fsp3) is 0.455. The van der Waals surface area contributed by atoms with Gasteiger partial charge >= 0.3 is 0 Å². The van der Waals surface area contributed by atoms with E-state index in [4.69, 9.17) is 11.6 Å². The topological polar surface area (TPSA) is 53.4 Å². The standard InChI is InChI=1S/C11H13ClN2O2/c1-2-11(16)6-14(7-11)10(15)8-5-13-4-3-9(8)12/h3-5,16H,2,6-7H2,1H3. The van der Waals surface area contributed by atoms with Crippen LogP contribution in [-0.2, 0) is 0 Å². The molecule has 0 bridgehead atoms. The Morgan fingerprint density at radius 1 is 1.69 bits per heavy atom. The van der Waals surface area contributed by atoms with Crippen molar-refractivity contribution in [2.75, 3.05) is 13.1 Å². The van der Waals surface area contributed by atoms with Crippen LogP contribution in [0.25, 0.3) is 0 Å². The van der Waals surface area contributed by atoms with E-state index in [9.17, 15) is 9.90 Å². The molecule has 1 N–H and O–H groups in total. The van der Waals surface area contributed by atoms with Crippen LogP contribution in [0.2, 0.25) is 5.02 Å². The Hall–Kier alpha value is -1.13. The lowest BCUT2D eigenvalue weighted by molar-refractivity contribution is -0.0826. The second kappa shape index (κ2) is 4.03. The first-order valence-electron chi connectivity index (χ1n) is 5.17. The first-order chi connectivity index (χ1) is 7.56. The van der Waals surface area contributed by atoms with Gasteiger partial charge in [-0.25, -0.2) is 0 Å². The van der Waals surface area contributed by atoms with Gasteiger partial charge in [0.25, 0.3) is 5.91 Å². The number of carbonyl (C=O) groups excluding carboxylic acids is 1. The van der Waals surface area contributed by atoms with Gasteiger partial charge in [0.2, 0.25) is 0 Å². The number of rotatable bonds is 2. The van der Waals surface area contributed by atoms with Crippen molar-refractivity contribution in [1.29, 1.82) is 0 Å². The summed E-state index contributed by atoms with van der Waals surface area (Å²) in [5.74, 6) is -0.170. The molecule has 5 heteroatoms.